The van der Waals surface area contributed by atoms with Crippen molar-refractivity contribution >= 4 is 11.6 Å². The van der Waals surface area contributed by atoms with Crippen LogP contribution in [-0.4, -0.2) is 30.5 Å². The second-order valence-corrected chi connectivity index (χ2v) is 6.46. The Bertz CT molecular complexity index is 908. The molecule has 0 saturated carbocycles. The molecule has 7 heteroatoms. The predicted octanol–water partition coefficient (Wildman–Crippen LogP) is 2.28. The third-order valence-electron chi connectivity index (χ3n) is 4.88. The minimum atomic E-state index is -0.0378. The maximum atomic E-state index is 12.5. The lowest BCUT2D eigenvalue weighted by molar-refractivity contribution is -0.120. The number of aryl methyl sites for hydroxylation is 2. The number of amides is 1. The van der Waals surface area contributed by atoms with Crippen molar-refractivity contribution in [2.75, 3.05) is 5.32 Å². The molecule has 0 fully saturated rings. The Morgan fingerprint density at radius 1 is 1.24 bits per heavy atom. The molecule has 0 saturated heterocycles. The first kappa shape index (κ1) is 15.6. The van der Waals surface area contributed by atoms with E-state index in [4.69, 9.17) is 0 Å². The Morgan fingerprint density at radius 2 is 2.04 bits per heavy atom. The van der Waals surface area contributed by atoms with E-state index in [2.05, 4.69) is 20.6 Å². The minimum absolute atomic E-state index is 0.0378. The normalized spacial score (nSPS) is 16.5. The quantitative estimate of drug-likeness (QED) is 0.796. The number of carbonyl (C=O) groups is 1. The Morgan fingerprint density at radius 3 is 2.76 bits per heavy atom. The van der Waals surface area contributed by atoms with Gasteiger partial charge in [-0.05, 0) is 44.5 Å². The van der Waals surface area contributed by atoms with Gasteiger partial charge in [-0.2, -0.15) is 0 Å². The average molecular weight is 336 g/mol. The van der Waals surface area contributed by atoms with Gasteiger partial charge in [0.25, 0.3) is 0 Å². The van der Waals surface area contributed by atoms with Crippen LogP contribution in [0.2, 0.25) is 0 Å². The van der Waals surface area contributed by atoms with E-state index in [0.717, 1.165) is 41.4 Å². The summed E-state index contributed by atoms with van der Waals surface area (Å²) in [6.07, 6.45) is 5.03. The van der Waals surface area contributed by atoms with E-state index in [9.17, 15) is 4.79 Å². The number of hydrogen-bond donors (Lipinski definition) is 1. The average Bonchev–Trinajstić information content (AvgIpc) is 3.22. The van der Waals surface area contributed by atoms with Crippen LogP contribution >= 0.6 is 0 Å². The third-order valence-corrected chi connectivity index (χ3v) is 4.88. The molecular formula is C18H20N6O. The van der Waals surface area contributed by atoms with Gasteiger partial charge < -0.3 is 9.88 Å². The number of anilines is 1. The van der Waals surface area contributed by atoms with Crippen LogP contribution in [0.1, 0.15) is 23.5 Å². The van der Waals surface area contributed by atoms with E-state index >= 15 is 0 Å². The highest BCUT2D eigenvalue weighted by molar-refractivity contribution is 5.92. The zero-order valence-corrected chi connectivity index (χ0v) is 14.3. The number of nitrogens with zero attached hydrogens (tertiary/aromatic N) is 5. The number of imidazole rings is 1. The lowest BCUT2D eigenvalue weighted by atomic mass is 9.95. The van der Waals surface area contributed by atoms with Crippen LogP contribution in [0.4, 0.5) is 5.69 Å². The van der Waals surface area contributed by atoms with Gasteiger partial charge in [-0.1, -0.05) is 5.21 Å². The van der Waals surface area contributed by atoms with Gasteiger partial charge in [0.2, 0.25) is 5.91 Å². The summed E-state index contributed by atoms with van der Waals surface area (Å²) >= 11 is 0. The van der Waals surface area contributed by atoms with E-state index in [1.165, 1.54) is 0 Å². The summed E-state index contributed by atoms with van der Waals surface area (Å²) in [4.78, 5) is 16.9. The van der Waals surface area contributed by atoms with Crippen molar-refractivity contribution in [1.82, 2.24) is 24.5 Å². The number of nitrogens with one attached hydrogen (secondary N) is 1. The fourth-order valence-corrected chi connectivity index (χ4v) is 3.19. The molecule has 1 aliphatic rings. The molecule has 0 aliphatic carbocycles. The van der Waals surface area contributed by atoms with Crippen molar-refractivity contribution in [2.45, 2.75) is 33.2 Å². The van der Waals surface area contributed by atoms with Gasteiger partial charge in [-0.25, -0.2) is 9.67 Å². The number of hydrogen-bond acceptors (Lipinski definition) is 4. The number of aromatic nitrogens is 5. The highest BCUT2D eigenvalue weighted by atomic mass is 16.1. The van der Waals surface area contributed by atoms with Gasteiger partial charge in [-0.15, -0.1) is 5.10 Å². The van der Waals surface area contributed by atoms with Crippen LogP contribution in [0.5, 0.6) is 0 Å². The van der Waals surface area contributed by atoms with Crippen LogP contribution in [0.15, 0.2) is 36.8 Å². The predicted molar refractivity (Wildman–Crippen MR) is 93.5 cm³/mol. The molecule has 1 atom stereocenters. The molecule has 3 aromatic rings. The summed E-state index contributed by atoms with van der Waals surface area (Å²) < 4.78 is 3.91. The fourth-order valence-electron chi connectivity index (χ4n) is 3.19. The molecular weight excluding hydrogens is 316 g/mol. The Kier molecular flexibility index (Phi) is 3.83. The summed E-state index contributed by atoms with van der Waals surface area (Å²) in [5.74, 6) is 0.0130. The Labute approximate surface area is 145 Å². The van der Waals surface area contributed by atoms with Crippen molar-refractivity contribution in [3.05, 3.63) is 53.9 Å². The molecule has 7 nitrogen and oxygen atoms in total. The van der Waals surface area contributed by atoms with Crippen LogP contribution in [0, 0.1) is 19.8 Å². The highest BCUT2D eigenvalue weighted by Gasteiger charge is 2.25. The van der Waals surface area contributed by atoms with Gasteiger partial charge in [0.1, 0.15) is 0 Å². The van der Waals surface area contributed by atoms with Gasteiger partial charge in [-0.3, -0.25) is 4.79 Å². The van der Waals surface area contributed by atoms with E-state index < -0.39 is 0 Å². The van der Waals surface area contributed by atoms with Crippen molar-refractivity contribution in [1.29, 1.82) is 0 Å². The van der Waals surface area contributed by atoms with E-state index in [1.807, 2.05) is 53.7 Å². The molecule has 1 unspecified atom stereocenters. The molecule has 1 N–H and O–H groups in total. The number of rotatable bonds is 3. The highest BCUT2D eigenvalue weighted by Crippen LogP contribution is 2.22. The number of carbonyl (C=O) groups excluding carboxylic acids is 1. The van der Waals surface area contributed by atoms with Gasteiger partial charge in [0, 0.05) is 36.0 Å². The lowest BCUT2D eigenvalue weighted by Crippen LogP contribution is -2.30. The first-order chi connectivity index (χ1) is 12.1. The summed E-state index contributed by atoms with van der Waals surface area (Å²) in [6, 6.07) is 7.83. The second-order valence-electron chi connectivity index (χ2n) is 6.46. The van der Waals surface area contributed by atoms with Crippen LogP contribution in [-0.2, 0) is 17.8 Å². The third kappa shape index (κ3) is 2.93. The standard InChI is InChI=1S/C18H20N6O/c1-12-13(2)23(11-19-12)16-5-3-15(4-6-16)21-18(25)14-7-8-24-17(9-14)10-20-22-24/h3-6,10-11,14H,7-9H2,1-2H3,(H,21,25). The molecule has 1 aliphatic heterocycles. The molecule has 128 valence electrons. The Balaban J connectivity index is 1.45. The summed E-state index contributed by atoms with van der Waals surface area (Å²) in [5.41, 5.74) is 4.99. The largest absolute Gasteiger partial charge is 0.326 e. The van der Waals surface area contributed by atoms with Crippen molar-refractivity contribution < 1.29 is 4.79 Å². The zero-order valence-electron chi connectivity index (χ0n) is 14.3. The van der Waals surface area contributed by atoms with Gasteiger partial charge in [0.05, 0.1) is 23.9 Å². The smallest absolute Gasteiger partial charge is 0.227 e. The first-order valence-electron chi connectivity index (χ1n) is 8.41. The Hall–Kier alpha value is -2.96. The van der Waals surface area contributed by atoms with Crippen LogP contribution < -0.4 is 5.32 Å². The SMILES string of the molecule is Cc1ncn(-c2ccc(NC(=O)C3CCn4nncc4C3)cc2)c1C. The molecule has 1 aromatic carbocycles. The monoisotopic (exact) mass is 336 g/mol. The van der Waals surface area contributed by atoms with Crippen LogP contribution in [0.25, 0.3) is 5.69 Å². The second kappa shape index (κ2) is 6.16. The molecule has 4 rings (SSSR count). The maximum absolute atomic E-state index is 12.5. The van der Waals surface area contributed by atoms with Crippen molar-refractivity contribution in [3.63, 3.8) is 0 Å². The fraction of sp³-hybridized carbons (Fsp3) is 0.333. The topological polar surface area (TPSA) is 77.6 Å². The van der Waals surface area contributed by atoms with E-state index in [0.29, 0.717) is 6.42 Å². The maximum Gasteiger partial charge on any atom is 0.227 e. The number of fused-ring (bicyclic) bond motifs is 1. The van der Waals surface area contributed by atoms with Crippen molar-refractivity contribution in [3.8, 4) is 5.69 Å². The van der Waals surface area contributed by atoms with E-state index in [1.54, 1.807) is 6.20 Å². The molecule has 1 amide bonds. The van der Waals surface area contributed by atoms with Gasteiger partial charge >= 0.3 is 0 Å². The molecule has 0 radical (unpaired) electrons. The molecule has 3 heterocycles. The van der Waals surface area contributed by atoms with Gasteiger partial charge in [0.15, 0.2) is 0 Å². The minimum Gasteiger partial charge on any atom is -0.326 e. The summed E-state index contributed by atoms with van der Waals surface area (Å²) in [7, 11) is 0. The molecule has 0 spiro atoms. The molecule has 0 bridgehead atoms. The first-order valence-corrected chi connectivity index (χ1v) is 8.41. The number of benzene rings is 1. The lowest BCUT2D eigenvalue weighted by Gasteiger charge is -2.21. The van der Waals surface area contributed by atoms with Crippen LogP contribution in [0.3, 0.4) is 0 Å². The van der Waals surface area contributed by atoms with E-state index in [-0.39, 0.29) is 11.8 Å². The zero-order chi connectivity index (χ0) is 17.4. The van der Waals surface area contributed by atoms with Crippen molar-refractivity contribution in [2.24, 2.45) is 5.92 Å². The molecule has 2 aromatic heterocycles. The summed E-state index contributed by atoms with van der Waals surface area (Å²) in [5, 5.41) is 10.9. The summed E-state index contributed by atoms with van der Waals surface area (Å²) in [6.45, 7) is 4.78. The molecule has 25 heavy (non-hydrogen) atoms.